The highest BCUT2D eigenvalue weighted by molar-refractivity contribution is 7.89. The smallest absolute Gasteiger partial charge is 0.293 e. The summed E-state index contributed by atoms with van der Waals surface area (Å²) in [5, 5.41) is 14.6. The summed E-state index contributed by atoms with van der Waals surface area (Å²) in [6.07, 6.45) is 3.49. The summed E-state index contributed by atoms with van der Waals surface area (Å²) in [5.74, 6) is 1.87. The van der Waals surface area contributed by atoms with Gasteiger partial charge in [0.2, 0.25) is 16.8 Å². The van der Waals surface area contributed by atoms with E-state index in [1.807, 2.05) is 6.07 Å². The number of rotatable bonds is 7. The van der Waals surface area contributed by atoms with Crippen molar-refractivity contribution in [2.24, 2.45) is 5.92 Å². The summed E-state index contributed by atoms with van der Waals surface area (Å²) in [5.41, 5.74) is 0.803. The molecular formula is C21H25N3O6S. The van der Waals surface area contributed by atoms with E-state index in [-0.39, 0.29) is 29.1 Å². The van der Waals surface area contributed by atoms with Crippen LogP contribution in [0.1, 0.15) is 38.2 Å². The lowest BCUT2D eigenvalue weighted by molar-refractivity contribution is -0.384. The third-order valence-electron chi connectivity index (χ3n) is 5.73. The lowest BCUT2D eigenvalue weighted by atomic mass is 9.88. The number of sulfonamides is 1. The second kappa shape index (κ2) is 8.72. The maximum absolute atomic E-state index is 12.8. The zero-order chi connectivity index (χ0) is 22.0. The molecule has 1 aliphatic heterocycles. The van der Waals surface area contributed by atoms with Crippen molar-refractivity contribution in [3.63, 3.8) is 0 Å². The largest absolute Gasteiger partial charge is 0.454 e. The topological polar surface area (TPSA) is 120 Å². The van der Waals surface area contributed by atoms with Crippen LogP contribution in [-0.2, 0) is 16.6 Å². The molecule has 9 nitrogen and oxygen atoms in total. The summed E-state index contributed by atoms with van der Waals surface area (Å²) in [6, 6.07) is 9.21. The Morgan fingerprint density at radius 2 is 1.81 bits per heavy atom. The fourth-order valence-corrected chi connectivity index (χ4v) is 5.22. The summed E-state index contributed by atoms with van der Waals surface area (Å²) >= 11 is 0. The molecule has 2 N–H and O–H groups in total. The SMILES string of the molecule is CC1CCC(NS(=O)(=O)c2ccc(NCc3ccc4c(c3)OCO4)c([N+](=O)[O-])c2)CC1. The highest BCUT2D eigenvalue weighted by atomic mass is 32.2. The van der Waals surface area contributed by atoms with Crippen LogP contribution in [0.2, 0.25) is 0 Å². The number of nitro benzene ring substituents is 1. The Balaban J connectivity index is 1.49. The van der Waals surface area contributed by atoms with Gasteiger partial charge in [-0.05, 0) is 61.4 Å². The molecule has 31 heavy (non-hydrogen) atoms. The molecule has 0 radical (unpaired) electrons. The predicted octanol–water partition coefficient (Wildman–Crippen LogP) is 3.79. The van der Waals surface area contributed by atoms with E-state index in [2.05, 4.69) is 17.0 Å². The van der Waals surface area contributed by atoms with Crippen LogP contribution in [0, 0.1) is 16.0 Å². The van der Waals surface area contributed by atoms with Crippen LogP contribution in [0.15, 0.2) is 41.3 Å². The van der Waals surface area contributed by atoms with Gasteiger partial charge in [-0.2, -0.15) is 0 Å². The van der Waals surface area contributed by atoms with E-state index >= 15 is 0 Å². The number of anilines is 1. The minimum absolute atomic E-state index is 0.105. The molecule has 0 bridgehead atoms. The molecule has 1 saturated carbocycles. The van der Waals surface area contributed by atoms with Gasteiger partial charge in [0.05, 0.1) is 9.82 Å². The molecule has 0 spiro atoms. The van der Waals surface area contributed by atoms with Crippen molar-refractivity contribution in [2.45, 2.75) is 50.1 Å². The van der Waals surface area contributed by atoms with E-state index in [9.17, 15) is 18.5 Å². The molecule has 2 aromatic rings. The highest BCUT2D eigenvalue weighted by Gasteiger charge is 2.26. The van der Waals surface area contributed by atoms with Gasteiger partial charge in [-0.15, -0.1) is 0 Å². The Bertz CT molecular complexity index is 1080. The number of benzene rings is 2. The number of hydrogen-bond acceptors (Lipinski definition) is 7. The molecule has 166 valence electrons. The molecule has 0 amide bonds. The molecule has 10 heteroatoms. The molecule has 0 saturated heterocycles. The van der Waals surface area contributed by atoms with Crippen molar-refractivity contribution in [1.82, 2.24) is 4.72 Å². The van der Waals surface area contributed by atoms with Gasteiger partial charge in [0.15, 0.2) is 11.5 Å². The van der Waals surface area contributed by atoms with Crippen molar-refractivity contribution in [3.8, 4) is 11.5 Å². The van der Waals surface area contributed by atoms with Crippen molar-refractivity contribution < 1.29 is 22.8 Å². The van der Waals surface area contributed by atoms with E-state index < -0.39 is 14.9 Å². The van der Waals surface area contributed by atoms with E-state index in [0.717, 1.165) is 37.3 Å². The van der Waals surface area contributed by atoms with E-state index in [1.165, 1.54) is 12.1 Å². The molecule has 0 aromatic heterocycles. The number of hydrogen-bond donors (Lipinski definition) is 2. The number of nitrogens with one attached hydrogen (secondary N) is 2. The third-order valence-corrected chi connectivity index (χ3v) is 7.25. The first-order valence-electron chi connectivity index (χ1n) is 10.2. The average molecular weight is 448 g/mol. The monoisotopic (exact) mass is 447 g/mol. The molecule has 4 rings (SSSR count). The lowest BCUT2D eigenvalue weighted by Crippen LogP contribution is -2.37. The molecule has 2 aromatic carbocycles. The van der Waals surface area contributed by atoms with Gasteiger partial charge < -0.3 is 14.8 Å². The molecular weight excluding hydrogens is 422 g/mol. The maximum atomic E-state index is 12.8. The number of fused-ring (bicyclic) bond motifs is 1. The normalized spacial score (nSPS) is 20.4. The standard InChI is InChI=1S/C21H25N3O6S/c1-14-2-5-16(6-3-14)23-31(27,28)17-7-8-18(19(11-17)24(25)26)22-12-15-4-9-20-21(10-15)30-13-29-20/h4,7-11,14,16,22-23H,2-3,5-6,12-13H2,1H3. The molecule has 0 unspecified atom stereocenters. The van der Waals surface area contributed by atoms with Crippen molar-refractivity contribution >= 4 is 21.4 Å². The first kappa shape index (κ1) is 21.4. The highest BCUT2D eigenvalue weighted by Crippen LogP contribution is 2.33. The first-order chi connectivity index (χ1) is 14.8. The van der Waals surface area contributed by atoms with Gasteiger partial charge in [-0.25, -0.2) is 13.1 Å². The quantitative estimate of drug-likeness (QED) is 0.489. The van der Waals surface area contributed by atoms with Crippen molar-refractivity contribution in [2.75, 3.05) is 12.1 Å². The second-order valence-corrected chi connectivity index (χ2v) is 9.77. The van der Waals surface area contributed by atoms with Gasteiger partial charge in [0.1, 0.15) is 5.69 Å². The van der Waals surface area contributed by atoms with Gasteiger partial charge in [-0.1, -0.05) is 13.0 Å². The molecule has 1 heterocycles. The zero-order valence-corrected chi connectivity index (χ0v) is 18.0. The molecule has 1 fully saturated rings. The van der Waals surface area contributed by atoms with Crippen LogP contribution < -0.4 is 19.5 Å². The summed E-state index contributed by atoms with van der Waals surface area (Å²) < 4.78 is 38.9. The van der Waals surface area contributed by atoms with Crippen LogP contribution >= 0.6 is 0 Å². The Hall–Kier alpha value is -2.85. The summed E-state index contributed by atoms with van der Waals surface area (Å²) in [6.45, 7) is 2.63. The fraction of sp³-hybridized carbons (Fsp3) is 0.429. The van der Waals surface area contributed by atoms with E-state index in [1.54, 1.807) is 12.1 Å². The molecule has 1 aliphatic carbocycles. The Morgan fingerprint density at radius 3 is 2.55 bits per heavy atom. The van der Waals surface area contributed by atoms with Crippen LogP contribution in [-0.4, -0.2) is 26.2 Å². The van der Waals surface area contributed by atoms with Gasteiger partial charge in [0.25, 0.3) is 5.69 Å². The summed E-state index contributed by atoms with van der Waals surface area (Å²) in [4.78, 5) is 10.9. The van der Waals surface area contributed by atoms with Crippen molar-refractivity contribution in [1.29, 1.82) is 0 Å². The van der Waals surface area contributed by atoms with Crippen LogP contribution in [0.4, 0.5) is 11.4 Å². The zero-order valence-electron chi connectivity index (χ0n) is 17.2. The van der Waals surface area contributed by atoms with Gasteiger partial charge >= 0.3 is 0 Å². The minimum Gasteiger partial charge on any atom is -0.454 e. The Morgan fingerprint density at radius 1 is 1.06 bits per heavy atom. The maximum Gasteiger partial charge on any atom is 0.293 e. The molecule has 2 aliphatic rings. The van der Waals surface area contributed by atoms with Crippen LogP contribution in [0.3, 0.4) is 0 Å². The van der Waals surface area contributed by atoms with Gasteiger partial charge in [0, 0.05) is 18.7 Å². The number of nitro groups is 1. The van der Waals surface area contributed by atoms with E-state index in [4.69, 9.17) is 9.47 Å². The lowest BCUT2D eigenvalue weighted by Gasteiger charge is -2.26. The number of ether oxygens (including phenoxy) is 2. The minimum atomic E-state index is -3.84. The van der Waals surface area contributed by atoms with Crippen molar-refractivity contribution in [3.05, 3.63) is 52.1 Å². The number of nitrogens with zero attached hydrogens (tertiary/aromatic N) is 1. The van der Waals surface area contributed by atoms with Crippen LogP contribution in [0.5, 0.6) is 11.5 Å². The Labute approximate surface area is 181 Å². The Kier molecular flexibility index (Phi) is 6.01. The second-order valence-electron chi connectivity index (χ2n) is 8.06. The summed E-state index contributed by atoms with van der Waals surface area (Å²) in [7, 11) is -3.84. The van der Waals surface area contributed by atoms with E-state index in [0.29, 0.717) is 24.0 Å². The van der Waals surface area contributed by atoms with Gasteiger partial charge in [-0.3, -0.25) is 10.1 Å². The fourth-order valence-electron chi connectivity index (χ4n) is 3.89. The average Bonchev–Trinajstić information content (AvgIpc) is 3.21. The molecule has 0 atom stereocenters. The first-order valence-corrected chi connectivity index (χ1v) is 11.7. The predicted molar refractivity (Wildman–Crippen MR) is 115 cm³/mol. The van der Waals surface area contributed by atoms with Crippen LogP contribution in [0.25, 0.3) is 0 Å². The third kappa shape index (κ3) is 4.91.